The number of ether oxygens (including phenoxy) is 1. The molecule has 0 aliphatic heterocycles. The lowest BCUT2D eigenvalue weighted by Gasteiger charge is -2.14. The van der Waals surface area contributed by atoms with Crippen LogP contribution in [0.25, 0.3) is 0 Å². The molecular weight excluding hydrogens is 238 g/mol. The van der Waals surface area contributed by atoms with Crippen LogP contribution in [0.2, 0.25) is 0 Å². The second-order valence-electron chi connectivity index (χ2n) is 4.67. The predicted molar refractivity (Wildman–Crippen MR) is 77.4 cm³/mol. The number of hydrogen-bond acceptors (Lipinski definition) is 3. The van der Waals surface area contributed by atoms with Gasteiger partial charge in [0.05, 0.1) is 12.6 Å². The lowest BCUT2D eigenvalue weighted by molar-refractivity contribution is 0.217. The van der Waals surface area contributed by atoms with Gasteiger partial charge in [-0.05, 0) is 25.5 Å². The first kappa shape index (κ1) is 13.5. The minimum Gasteiger partial charge on any atom is -0.491 e. The van der Waals surface area contributed by atoms with Crippen molar-refractivity contribution in [3.63, 3.8) is 0 Å². The van der Waals surface area contributed by atoms with E-state index < -0.39 is 0 Å². The molecule has 1 atom stereocenters. The molecule has 0 saturated heterocycles. The van der Waals surface area contributed by atoms with E-state index in [4.69, 9.17) is 4.74 Å². The molecule has 19 heavy (non-hydrogen) atoms. The highest BCUT2D eigenvalue weighted by atomic mass is 16.5. The van der Waals surface area contributed by atoms with Crippen LogP contribution in [0, 0.1) is 0 Å². The largest absolute Gasteiger partial charge is 0.491 e. The Hall–Kier alpha value is -1.97. The van der Waals surface area contributed by atoms with E-state index in [0.29, 0.717) is 6.54 Å². The normalized spacial score (nSPS) is 12.2. The fraction of sp³-hybridized carbons (Fsp3) is 0.400. The zero-order valence-electron chi connectivity index (χ0n) is 11.8. The molecule has 1 aromatic carbocycles. The van der Waals surface area contributed by atoms with Gasteiger partial charge in [-0.1, -0.05) is 13.0 Å². The van der Waals surface area contributed by atoms with Crippen molar-refractivity contribution in [2.24, 2.45) is 7.05 Å². The molecule has 102 valence electrons. The van der Waals surface area contributed by atoms with Crippen molar-refractivity contribution in [1.82, 2.24) is 9.55 Å². The van der Waals surface area contributed by atoms with Crippen LogP contribution in [0.5, 0.6) is 5.75 Å². The van der Waals surface area contributed by atoms with Gasteiger partial charge in [-0.25, -0.2) is 4.98 Å². The van der Waals surface area contributed by atoms with Crippen LogP contribution < -0.4 is 10.1 Å². The molecule has 0 bridgehead atoms. The summed E-state index contributed by atoms with van der Waals surface area (Å²) < 4.78 is 7.81. The number of imidazole rings is 1. The summed E-state index contributed by atoms with van der Waals surface area (Å²) in [6.07, 6.45) is 4.99. The fourth-order valence-electron chi connectivity index (χ4n) is 1.74. The molecule has 1 unspecified atom stereocenters. The van der Waals surface area contributed by atoms with E-state index in [9.17, 15) is 0 Å². The van der Waals surface area contributed by atoms with Gasteiger partial charge in [-0.3, -0.25) is 0 Å². The molecule has 1 N–H and O–H groups in total. The molecule has 2 aromatic rings. The van der Waals surface area contributed by atoms with E-state index >= 15 is 0 Å². The van der Waals surface area contributed by atoms with Gasteiger partial charge in [0.25, 0.3) is 0 Å². The number of aryl methyl sites for hydroxylation is 1. The van der Waals surface area contributed by atoms with Crippen molar-refractivity contribution in [3.05, 3.63) is 42.5 Å². The quantitative estimate of drug-likeness (QED) is 0.865. The van der Waals surface area contributed by atoms with Crippen LogP contribution in [0.1, 0.15) is 26.1 Å². The van der Waals surface area contributed by atoms with Crippen molar-refractivity contribution in [3.8, 4) is 5.75 Å². The summed E-state index contributed by atoms with van der Waals surface area (Å²) in [4.78, 5) is 4.28. The van der Waals surface area contributed by atoms with E-state index in [1.54, 1.807) is 6.20 Å². The third-order valence-electron chi connectivity index (χ3n) is 3.12. The molecule has 0 aliphatic carbocycles. The maximum Gasteiger partial charge on any atom is 0.127 e. The van der Waals surface area contributed by atoms with Crippen LogP contribution in [-0.4, -0.2) is 15.7 Å². The highest BCUT2D eigenvalue weighted by molar-refractivity contribution is 5.48. The van der Waals surface area contributed by atoms with Gasteiger partial charge in [0.2, 0.25) is 0 Å². The number of anilines is 1. The smallest absolute Gasteiger partial charge is 0.127 e. The minimum atomic E-state index is 0.241. The number of hydrogen-bond donors (Lipinski definition) is 1. The van der Waals surface area contributed by atoms with Crippen LogP contribution in [0.15, 0.2) is 36.7 Å². The monoisotopic (exact) mass is 259 g/mol. The third-order valence-corrected chi connectivity index (χ3v) is 3.12. The van der Waals surface area contributed by atoms with Gasteiger partial charge in [-0.2, -0.15) is 0 Å². The highest BCUT2D eigenvalue weighted by Gasteiger charge is 2.03. The Morgan fingerprint density at radius 3 is 2.95 bits per heavy atom. The summed E-state index contributed by atoms with van der Waals surface area (Å²) in [7, 11) is 1.99. The molecule has 0 spiro atoms. The van der Waals surface area contributed by atoms with Gasteiger partial charge < -0.3 is 14.6 Å². The Bertz CT molecular complexity index is 522. The Morgan fingerprint density at radius 2 is 2.26 bits per heavy atom. The summed E-state index contributed by atoms with van der Waals surface area (Å²) in [6.45, 7) is 4.90. The lowest BCUT2D eigenvalue weighted by Crippen LogP contribution is -2.10. The molecule has 2 rings (SSSR count). The van der Waals surface area contributed by atoms with Crippen molar-refractivity contribution in [2.75, 3.05) is 5.32 Å². The Kier molecular flexibility index (Phi) is 4.44. The standard InChI is InChI=1S/C15H21N3O/c1-4-12(2)19-14-7-5-6-13(10-14)17-11-15-16-8-9-18(15)3/h5-10,12,17H,4,11H2,1-3H3. The molecule has 4 nitrogen and oxygen atoms in total. The summed E-state index contributed by atoms with van der Waals surface area (Å²) in [6, 6.07) is 8.04. The SMILES string of the molecule is CCC(C)Oc1cccc(NCc2nccn2C)c1. The van der Waals surface area contributed by atoms with Crippen LogP contribution in [-0.2, 0) is 13.6 Å². The van der Waals surface area contributed by atoms with E-state index in [1.807, 2.05) is 42.1 Å². The summed E-state index contributed by atoms with van der Waals surface area (Å²) >= 11 is 0. The Morgan fingerprint density at radius 1 is 1.42 bits per heavy atom. The summed E-state index contributed by atoms with van der Waals surface area (Å²) in [5, 5.41) is 3.36. The first-order chi connectivity index (χ1) is 9.19. The number of rotatable bonds is 6. The first-order valence-corrected chi connectivity index (χ1v) is 6.66. The topological polar surface area (TPSA) is 39.1 Å². The first-order valence-electron chi connectivity index (χ1n) is 6.66. The number of benzene rings is 1. The fourth-order valence-corrected chi connectivity index (χ4v) is 1.74. The summed E-state index contributed by atoms with van der Waals surface area (Å²) in [5.74, 6) is 1.91. The molecule has 0 fully saturated rings. The number of nitrogens with zero attached hydrogens (tertiary/aromatic N) is 2. The second kappa shape index (κ2) is 6.27. The minimum absolute atomic E-state index is 0.241. The van der Waals surface area contributed by atoms with Gasteiger partial charge in [0.1, 0.15) is 11.6 Å². The highest BCUT2D eigenvalue weighted by Crippen LogP contribution is 2.19. The van der Waals surface area contributed by atoms with Gasteiger partial charge in [0.15, 0.2) is 0 Å². The van der Waals surface area contributed by atoms with Crippen LogP contribution >= 0.6 is 0 Å². The zero-order valence-corrected chi connectivity index (χ0v) is 11.8. The maximum atomic E-state index is 5.80. The van der Waals surface area contributed by atoms with Gasteiger partial charge >= 0.3 is 0 Å². The second-order valence-corrected chi connectivity index (χ2v) is 4.67. The maximum absolute atomic E-state index is 5.80. The molecule has 0 amide bonds. The molecule has 1 aromatic heterocycles. The molecule has 0 radical (unpaired) electrons. The number of nitrogens with one attached hydrogen (secondary N) is 1. The van der Waals surface area contributed by atoms with E-state index in [-0.39, 0.29) is 6.10 Å². The van der Waals surface area contributed by atoms with Crippen molar-refractivity contribution >= 4 is 5.69 Å². The summed E-state index contributed by atoms with van der Waals surface area (Å²) in [5.41, 5.74) is 1.05. The number of aromatic nitrogens is 2. The van der Waals surface area contributed by atoms with E-state index in [0.717, 1.165) is 23.7 Å². The van der Waals surface area contributed by atoms with Gasteiger partial charge in [-0.15, -0.1) is 0 Å². The Labute approximate surface area is 114 Å². The molecule has 1 heterocycles. The molecular formula is C15H21N3O. The Balaban J connectivity index is 1.97. The van der Waals surface area contributed by atoms with Crippen molar-refractivity contribution in [1.29, 1.82) is 0 Å². The molecule has 0 saturated carbocycles. The average Bonchev–Trinajstić information content (AvgIpc) is 2.82. The van der Waals surface area contributed by atoms with Crippen LogP contribution in [0.4, 0.5) is 5.69 Å². The zero-order chi connectivity index (χ0) is 13.7. The average molecular weight is 259 g/mol. The van der Waals surface area contributed by atoms with Crippen molar-refractivity contribution in [2.45, 2.75) is 32.9 Å². The molecule has 0 aliphatic rings. The molecule has 4 heteroatoms. The lowest BCUT2D eigenvalue weighted by atomic mass is 10.2. The van der Waals surface area contributed by atoms with Crippen LogP contribution in [0.3, 0.4) is 0 Å². The van der Waals surface area contributed by atoms with Crippen molar-refractivity contribution < 1.29 is 4.74 Å². The van der Waals surface area contributed by atoms with E-state index in [1.165, 1.54) is 0 Å². The predicted octanol–water partition coefficient (Wildman–Crippen LogP) is 3.21. The van der Waals surface area contributed by atoms with E-state index in [2.05, 4.69) is 24.1 Å². The third kappa shape index (κ3) is 3.74. The van der Waals surface area contributed by atoms with Gasteiger partial charge in [0, 0.05) is 31.2 Å².